The molecule has 1 aliphatic rings. The third kappa shape index (κ3) is 4.92. The van der Waals surface area contributed by atoms with Crippen LogP contribution in [0.3, 0.4) is 0 Å². The van der Waals surface area contributed by atoms with Crippen LogP contribution in [-0.4, -0.2) is 63.5 Å². The molecule has 1 fully saturated rings. The molecule has 1 amide bonds. The Hall–Kier alpha value is -3.36. The summed E-state index contributed by atoms with van der Waals surface area (Å²) in [5.74, 6) is 2.29. The number of benzene rings is 1. The fourth-order valence-electron chi connectivity index (χ4n) is 3.31. The number of aromatic amines is 1. The summed E-state index contributed by atoms with van der Waals surface area (Å²) in [6.45, 7) is 3.43. The van der Waals surface area contributed by atoms with Crippen molar-refractivity contribution in [2.24, 2.45) is 0 Å². The van der Waals surface area contributed by atoms with Crippen LogP contribution in [0.5, 0.6) is 5.75 Å². The van der Waals surface area contributed by atoms with E-state index in [9.17, 15) is 4.79 Å². The fraction of sp³-hybridized carbons (Fsp3) is 0.400. The molecule has 9 nitrogen and oxygen atoms in total. The molecule has 3 aromatic rings. The Balaban J connectivity index is 1.30. The lowest BCUT2D eigenvalue weighted by Gasteiger charge is -2.15. The Kier molecular flexibility index (Phi) is 6.04. The number of likely N-dealkylation sites (tertiary alicyclic amines) is 1. The molecule has 152 valence electrons. The van der Waals surface area contributed by atoms with Crippen LogP contribution in [-0.2, 0) is 4.79 Å². The molecule has 0 unspecified atom stereocenters. The summed E-state index contributed by atoms with van der Waals surface area (Å²) in [5.41, 5.74) is 1.36. The van der Waals surface area contributed by atoms with Gasteiger partial charge in [0.1, 0.15) is 17.9 Å². The van der Waals surface area contributed by atoms with Crippen LogP contribution in [0.2, 0.25) is 0 Å². The first-order chi connectivity index (χ1) is 14.3. The van der Waals surface area contributed by atoms with Crippen molar-refractivity contribution >= 4 is 28.8 Å². The number of hydrogen-bond acceptors (Lipinski definition) is 7. The zero-order valence-corrected chi connectivity index (χ0v) is 16.2. The van der Waals surface area contributed by atoms with Gasteiger partial charge in [-0.05, 0) is 25.0 Å². The summed E-state index contributed by atoms with van der Waals surface area (Å²) in [6.07, 6.45) is 4.10. The zero-order chi connectivity index (χ0) is 19.9. The molecule has 0 saturated carbocycles. The molecule has 1 saturated heterocycles. The molecule has 1 aromatic carbocycles. The molecule has 0 aliphatic carbocycles. The van der Waals surface area contributed by atoms with Gasteiger partial charge >= 0.3 is 0 Å². The molecule has 0 radical (unpaired) electrons. The van der Waals surface area contributed by atoms with Gasteiger partial charge in [-0.3, -0.25) is 4.79 Å². The summed E-state index contributed by atoms with van der Waals surface area (Å²) >= 11 is 0. The van der Waals surface area contributed by atoms with Crippen LogP contribution in [0.15, 0.2) is 36.7 Å². The maximum absolute atomic E-state index is 11.7. The number of ether oxygens (including phenoxy) is 1. The molecule has 1 aliphatic heterocycles. The Labute approximate surface area is 168 Å². The van der Waals surface area contributed by atoms with Crippen molar-refractivity contribution in [2.45, 2.75) is 19.3 Å². The highest BCUT2D eigenvalue weighted by Crippen LogP contribution is 2.18. The Morgan fingerprint density at radius 3 is 2.86 bits per heavy atom. The lowest BCUT2D eigenvalue weighted by Crippen LogP contribution is -2.27. The maximum Gasteiger partial charge on any atom is 0.226 e. The summed E-state index contributed by atoms with van der Waals surface area (Å²) in [6, 6.07) is 9.70. The molecular weight excluding hydrogens is 370 g/mol. The van der Waals surface area contributed by atoms with Crippen LogP contribution in [0.1, 0.15) is 19.3 Å². The first kappa shape index (κ1) is 19.0. The minimum absolute atomic E-state index is 0.253. The fourth-order valence-corrected chi connectivity index (χ4v) is 3.31. The second-order valence-electron chi connectivity index (χ2n) is 6.85. The van der Waals surface area contributed by atoms with Gasteiger partial charge in [-0.15, -0.1) is 0 Å². The van der Waals surface area contributed by atoms with Gasteiger partial charge in [0.25, 0.3) is 0 Å². The van der Waals surface area contributed by atoms with E-state index in [1.165, 1.54) is 0 Å². The van der Waals surface area contributed by atoms with Gasteiger partial charge in [-0.1, -0.05) is 18.2 Å². The van der Waals surface area contributed by atoms with Crippen LogP contribution in [0, 0.1) is 0 Å². The number of rotatable bonds is 10. The Morgan fingerprint density at radius 1 is 1.14 bits per heavy atom. The number of carbonyl (C=O) groups excluding carboxylic acids is 1. The number of nitrogens with one attached hydrogen (secondary N) is 3. The number of imidazole rings is 1. The zero-order valence-electron chi connectivity index (χ0n) is 16.2. The molecular formula is C20H25N7O2. The predicted octanol–water partition coefficient (Wildman–Crippen LogP) is 2.27. The first-order valence-electron chi connectivity index (χ1n) is 9.94. The van der Waals surface area contributed by atoms with Gasteiger partial charge in [0.05, 0.1) is 12.9 Å². The molecule has 2 aromatic heterocycles. The average Bonchev–Trinajstić information content (AvgIpc) is 3.38. The highest BCUT2D eigenvalue weighted by Gasteiger charge is 2.19. The van der Waals surface area contributed by atoms with E-state index < -0.39 is 0 Å². The van der Waals surface area contributed by atoms with Gasteiger partial charge in [0.2, 0.25) is 11.9 Å². The first-order valence-corrected chi connectivity index (χ1v) is 9.94. The Morgan fingerprint density at radius 2 is 2.03 bits per heavy atom. The summed E-state index contributed by atoms with van der Waals surface area (Å²) in [5, 5.41) is 6.52. The molecule has 0 bridgehead atoms. The van der Waals surface area contributed by atoms with Crippen molar-refractivity contribution in [3.63, 3.8) is 0 Å². The number of nitrogens with zero attached hydrogens (tertiary/aromatic N) is 4. The summed E-state index contributed by atoms with van der Waals surface area (Å²) < 4.78 is 5.71. The number of aromatic nitrogens is 4. The van der Waals surface area contributed by atoms with Gasteiger partial charge in [-0.2, -0.15) is 9.97 Å². The maximum atomic E-state index is 11.7. The molecule has 3 heterocycles. The third-order valence-electron chi connectivity index (χ3n) is 4.75. The molecule has 0 atom stereocenters. The van der Waals surface area contributed by atoms with Crippen LogP contribution < -0.4 is 15.4 Å². The minimum atomic E-state index is 0.253. The van der Waals surface area contributed by atoms with E-state index in [0.29, 0.717) is 43.5 Å². The normalized spacial score (nSPS) is 13.8. The highest BCUT2D eigenvalue weighted by molar-refractivity contribution is 5.83. The van der Waals surface area contributed by atoms with Crippen LogP contribution in [0.25, 0.3) is 11.2 Å². The largest absolute Gasteiger partial charge is 0.492 e. The quantitative estimate of drug-likeness (QED) is 0.452. The van der Waals surface area contributed by atoms with E-state index in [0.717, 1.165) is 37.2 Å². The molecule has 0 spiro atoms. The van der Waals surface area contributed by atoms with E-state index in [2.05, 4.69) is 30.6 Å². The number of fused-ring (bicyclic) bond motifs is 1. The number of H-pyrrole nitrogens is 1. The number of hydrogen-bond donors (Lipinski definition) is 3. The second-order valence-corrected chi connectivity index (χ2v) is 6.85. The van der Waals surface area contributed by atoms with Crippen LogP contribution >= 0.6 is 0 Å². The monoisotopic (exact) mass is 395 g/mol. The topological polar surface area (TPSA) is 108 Å². The predicted molar refractivity (Wildman–Crippen MR) is 111 cm³/mol. The molecule has 3 N–H and O–H groups in total. The number of anilines is 2. The molecule has 29 heavy (non-hydrogen) atoms. The smallest absolute Gasteiger partial charge is 0.226 e. The number of carbonyl (C=O) groups is 1. The van der Waals surface area contributed by atoms with E-state index >= 15 is 0 Å². The standard InChI is InChI=1S/C20H25N7O2/c28-16-8-4-11-27(16)12-5-9-22-20-25-18(17-19(26-20)24-14-23-17)21-10-13-29-15-6-2-1-3-7-15/h1-3,6-7,14H,4-5,8-13H2,(H3,21,22,23,24,25,26). The van der Waals surface area contributed by atoms with Crippen molar-refractivity contribution in [1.82, 2.24) is 24.8 Å². The second kappa shape index (κ2) is 9.22. The van der Waals surface area contributed by atoms with Gasteiger partial charge < -0.3 is 25.3 Å². The lowest BCUT2D eigenvalue weighted by molar-refractivity contribution is -0.127. The van der Waals surface area contributed by atoms with Crippen molar-refractivity contribution in [3.8, 4) is 5.75 Å². The SMILES string of the molecule is O=C1CCCN1CCCNc1nc(NCCOc2ccccc2)c2[nH]cnc2n1. The van der Waals surface area contributed by atoms with Crippen molar-refractivity contribution in [2.75, 3.05) is 43.4 Å². The summed E-state index contributed by atoms with van der Waals surface area (Å²) in [7, 11) is 0. The minimum Gasteiger partial charge on any atom is -0.492 e. The highest BCUT2D eigenvalue weighted by atomic mass is 16.5. The third-order valence-corrected chi connectivity index (χ3v) is 4.75. The Bertz CT molecular complexity index is 944. The van der Waals surface area contributed by atoms with E-state index in [4.69, 9.17) is 4.74 Å². The van der Waals surface area contributed by atoms with Crippen molar-refractivity contribution in [1.29, 1.82) is 0 Å². The number of amides is 1. The van der Waals surface area contributed by atoms with E-state index in [1.807, 2.05) is 35.2 Å². The van der Waals surface area contributed by atoms with Gasteiger partial charge in [-0.25, -0.2) is 4.98 Å². The van der Waals surface area contributed by atoms with Crippen LogP contribution in [0.4, 0.5) is 11.8 Å². The number of para-hydroxylation sites is 1. The van der Waals surface area contributed by atoms with Crippen molar-refractivity contribution < 1.29 is 9.53 Å². The molecule has 9 heteroatoms. The summed E-state index contributed by atoms with van der Waals surface area (Å²) in [4.78, 5) is 29.9. The average molecular weight is 395 g/mol. The van der Waals surface area contributed by atoms with Gasteiger partial charge in [0, 0.05) is 26.1 Å². The lowest BCUT2D eigenvalue weighted by atomic mass is 10.3. The molecule has 4 rings (SSSR count). The van der Waals surface area contributed by atoms with Gasteiger partial charge in [0.15, 0.2) is 11.5 Å². The van der Waals surface area contributed by atoms with E-state index in [1.54, 1.807) is 6.33 Å². The van der Waals surface area contributed by atoms with E-state index in [-0.39, 0.29) is 5.91 Å². The van der Waals surface area contributed by atoms with Crippen molar-refractivity contribution in [3.05, 3.63) is 36.7 Å².